The molecule has 2 N–H and O–H groups in total. The van der Waals surface area contributed by atoms with Gasteiger partial charge < -0.3 is 0 Å². The molecule has 2 aromatic carbocycles. The molecule has 0 aliphatic carbocycles. The van der Waals surface area contributed by atoms with Crippen molar-refractivity contribution in [2.24, 2.45) is 5.10 Å². The minimum Gasteiger partial charge on any atom is -0.295 e. The van der Waals surface area contributed by atoms with Crippen LogP contribution in [-0.4, -0.2) is 27.6 Å². The Balaban J connectivity index is 2.01. The third-order valence-corrected chi connectivity index (χ3v) is 4.22. The average Bonchev–Trinajstić information content (AvgIpc) is 2.97. The van der Waals surface area contributed by atoms with E-state index in [1.807, 2.05) is 5.43 Å². The first-order valence-corrected chi connectivity index (χ1v) is 8.64. The Morgan fingerprint density at radius 3 is 2.31 bits per heavy atom. The van der Waals surface area contributed by atoms with Crippen molar-refractivity contribution in [2.45, 2.75) is 13.1 Å². The number of hydrazone groups is 1. The molecule has 0 bridgehead atoms. The van der Waals surface area contributed by atoms with E-state index in [9.17, 15) is 22.8 Å². The highest BCUT2D eigenvalue weighted by atomic mass is 35.5. The summed E-state index contributed by atoms with van der Waals surface area (Å²) in [5, 5.41) is 6.19. The monoisotopic (exact) mass is 422 g/mol. The molecule has 0 aliphatic rings. The van der Waals surface area contributed by atoms with Crippen molar-refractivity contribution in [1.29, 1.82) is 0 Å². The minimum atomic E-state index is -4.98. The van der Waals surface area contributed by atoms with Crippen molar-refractivity contribution < 1.29 is 18.0 Å². The van der Waals surface area contributed by atoms with Crippen LogP contribution in [0.1, 0.15) is 21.6 Å². The van der Waals surface area contributed by atoms with Crippen molar-refractivity contribution in [2.75, 3.05) is 0 Å². The second-order valence-electron chi connectivity index (χ2n) is 5.99. The highest BCUT2D eigenvalue weighted by Gasteiger charge is 2.41. The SMILES string of the molecule is Cc1[nH]n(-c2ccccc2)c(=O)c1C(=NNC(=O)c1ccc(Cl)cc1)C(F)(F)F. The number of nitrogens with zero attached hydrogens (tertiary/aromatic N) is 2. The summed E-state index contributed by atoms with van der Waals surface area (Å²) in [5.41, 5.74) is -0.901. The molecule has 1 heterocycles. The third-order valence-electron chi connectivity index (χ3n) is 3.97. The van der Waals surface area contributed by atoms with Crippen molar-refractivity contribution in [3.63, 3.8) is 0 Å². The van der Waals surface area contributed by atoms with Gasteiger partial charge in [0.05, 0.1) is 11.3 Å². The maximum atomic E-state index is 13.6. The summed E-state index contributed by atoms with van der Waals surface area (Å²) in [7, 11) is 0. The van der Waals surface area contributed by atoms with E-state index in [0.29, 0.717) is 10.7 Å². The highest BCUT2D eigenvalue weighted by Crippen LogP contribution is 2.23. The topological polar surface area (TPSA) is 79.2 Å². The number of benzene rings is 2. The van der Waals surface area contributed by atoms with Gasteiger partial charge in [0.1, 0.15) is 0 Å². The van der Waals surface area contributed by atoms with Gasteiger partial charge in [0.25, 0.3) is 11.5 Å². The fourth-order valence-electron chi connectivity index (χ4n) is 2.62. The van der Waals surface area contributed by atoms with Gasteiger partial charge in [-0.2, -0.15) is 18.3 Å². The number of aromatic amines is 1. The zero-order chi connectivity index (χ0) is 21.2. The predicted octanol–water partition coefficient (Wildman–Crippen LogP) is 3.82. The van der Waals surface area contributed by atoms with Crippen LogP contribution in [-0.2, 0) is 0 Å². The van der Waals surface area contributed by atoms with E-state index in [0.717, 1.165) is 4.68 Å². The molecule has 0 aliphatic heterocycles. The van der Waals surface area contributed by atoms with Crippen LogP contribution in [0.5, 0.6) is 0 Å². The van der Waals surface area contributed by atoms with Gasteiger partial charge in [-0.25, -0.2) is 10.1 Å². The van der Waals surface area contributed by atoms with Crippen LogP contribution in [0.2, 0.25) is 5.02 Å². The number of hydrogen-bond acceptors (Lipinski definition) is 3. The normalized spacial score (nSPS) is 12.1. The Hall–Kier alpha value is -3.33. The molecule has 6 nitrogen and oxygen atoms in total. The molecule has 0 fully saturated rings. The number of aromatic nitrogens is 2. The second-order valence-corrected chi connectivity index (χ2v) is 6.43. The van der Waals surface area contributed by atoms with Gasteiger partial charge in [-0.05, 0) is 43.3 Å². The van der Waals surface area contributed by atoms with E-state index in [-0.39, 0.29) is 11.3 Å². The third kappa shape index (κ3) is 4.40. The molecule has 3 rings (SSSR count). The minimum absolute atomic E-state index is 0.0457. The number of nitrogens with one attached hydrogen (secondary N) is 2. The van der Waals surface area contributed by atoms with Crippen LogP contribution in [0.4, 0.5) is 13.2 Å². The fraction of sp³-hybridized carbons (Fsp3) is 0.105. The van der Waals surface area contributed by atoms with Crippen molar-refractivity contribution in [3.8, 4) is 5.69 Å². The number of amides is 1. The standard InChI is InChI=1S/C19H14ClF3N4O2/c1-11-15(18(29)27(26-11)14-5-3-2-4-6-14)16(19(21,22)23)24-25-17(28)12-7-9-13(20)10-8-12/h2-10,26H,1H3,(H,25,28). The largest absolute Gasteiger partial charge is 0.435 e. The lowest BCUT2D eigenvalue weighted by atomic mass is 10.1. The van der Waals surface area contributed by atoms with Crippen LogP contribution in [0.3, 0.4) is 0 Å². The van der Waals surface area contributed by atoms with E-state index in [1.165, 1.54) is 31.2 Å². The average molecular weight is 423 g/mol. The number of hydrogen-bond donors (Lipinski definition) is 2. The number of aryl methyl sites for hydroxylation is 1. The maximum absolute atomic E-state index is 13.6. The fourth-order valence-corrected chi connectivity index (χ4v) is 2.74. The molecule has 10 heteroatoms. The lowest BCUT2D eigenvalue weighted by Crippen LogP contribution is -2.33. The van der Waals surface area contributed by atoms with Crippen LogP contribution in [0, 0.1) is 6.92 Å². The van der Waals surface area contributed by atoms with Crippen molar-refractivity contribution >= 4 is 23.2 Å². The molecule has 1 aromatic heterocycles. The number of para-hydroxylation sites is 1. The van der Waals surface area contributed by atoms with Gasteiger partial charge in [0.15, 0.2) is 5.71 Å². The summed E-state index contributed by atoms with van der Waals surface area (Å²) in [6.45, 7) is 1.32. The first-order chi connectivity index (χ1) is 13.7. The summed E-state index contributed by atoms with van der Waals surface area (Å²) in [6, 6.07) is 13.6. The molecule has 0 saturated carbocycles. The molecule has 0 saturated heterocycles. The Labute approximate surface area is 167 Å². The molecule has 1 amide bonds. The predicted molar refractivity (Wildman–Crippen MR) is 103 cm³/mol. The molecule has 0 spiro atoms. The first-order valence-electron chi connectivity index (χ1n) is 8.26. The summed E-state index contributed by atoms with van der Waals surface area (Å²) in [6.07, 6.45) is -4.98. The van der Waals surface area contributed by atoms with E-state index in [4.69, 9.17) is 11.6 Å². The molecule has 0 radical (unpaired) electrons. The number of H-pyrrole nitrogens is 1. The van der Waals surface area contributed by atoms with Crippen molar-refractivity contribution in [3.05, 3.63) is 86.8 Å². The molecular formula is C19H14ClF3N4O2. The smallest absolute Gasteiger partial charge is 0.295 e. The van der Waals surface area contributed by atoms with Gasteiger partial charge in [0.2, 0.25) is 0 Å². The van der Waals surface area contributed by atoms with E-state index >= 15 is 0 Å². The summed E-state index contributed by atoms with van der Waals surface area (Å²) >= 11 is 5.72. The molecule has 0 atom stereocenters. The number of halogens is 4. The highest BCUT2D eigenvalue weighted by molar-refractivity contribution is 6.30. The van der Waals surface area contributed by atoms with Gasteiger partial charge in [-0.1, -0.05) is 29.8 Å². The van der Waals surface area contributed by atoms with Crippen LogP contribution < -0.4 is 11.0 Å². The Morgan fingerprint density at radius 2 is 1.72 bits per heavy atom. The summed E-state index contributed by atoms with van der Waals surface area (Å²) < 4.78 is 41.8. The van der Waals surface area contributed by atoms with Gasteiger partial charge in [-0.3, -0.25) is 14.7 Å². The molecule has 29 heavy (non-hydrogen) atoms. The van der Waals surface area contributed by atoms with Gasteiger partial charge >= 0.3 is 6.18 Å². The Bertz CT molecular complexity index is 1120. The number of rotatable bonds is 4. The lowest BCUT2D eigenvalue weighted by Gasteiger charge is -2.09. The first kappa shape index (κ1) is 20.4. The van der Waals surface area contributed by atoms with Gasteiger partial charge in [-0.15, -0.1) is 0 Å². The maximum Gasteiger partial charge on any atom is 0.435 e. The zero-order valence-electron chi connectivity index (χ0n) is 14.9. The molecule has 0 unspecified atom stereocenters. The Morgan fingerprint density at radius 1 is 1.10 bits per heavy atom. The second kappa shape index (κ2) is 7.96. The lowest BCUT2D eigenvalue weighted by molar-refractivity contribution is -0.0584. The zero-order valence-corrected chi connectivity index (χ0v) is 15.7. The van der Waals surface area contributed by atoms with E-state index < -0.39 is 28.9 Å². The Kier molecular flexibility index (Phi) is 5.60. The van der Waals surface area contributed by atoms with E-state index in [1.54, 1.807) is 30.3 Å². The summed E-state index contributed by atoms with van der Waals surface area (Å²) in [5.74, 6) is -0.875. The number of carbonyl (C=O) groups is 1. The quantitative estimate of drug-likeness (QED) is 0.495. The van der Waals surface area contributed by atoms with Crippen LogP contribution in [0.25, 0.3) is 5.69 Å². The van der Waals surface area contributed by atoms with Crippen LogP contribution >= 0.6 is 11.6 Å². The van der Waals surface area contributed by atoms with Gasteiger partial charge in [0, 0.05) is 16.3 Å². The molecule has 150 valence electrons. The number of carbonyl (C=O) groups excluding carboxylic acids is 1. The molecular weight excluding hydrogens is 409 g/mol. The van der Waals surface area contributed by atoms with E-state index in [2.05, 4.69) is 10.2 Å². The van der Waals surface area contributed by atoms with Crippen molar-refractivity contribution in [1.82, 2.24) is 15.2 Å². The number of alkyl halides is 3. The van der Waals surface area contributed by atoms with Crippen LogP contribution in [0.15, 0.2) is 64.5 Å². The molecule has 3 aromatic rings. The summed E-state index contributed by atoms with van der Waals surface area (Å²) in [4.78, 5) is 24.7.